The fourth-order valence-corrected chi connectivity index (χ4v) is 5.42. The summed E-state index contributed by atoms with van der Waals surface area (Å²) in [6.07, 6.45) is 1.62. The van der Waals surface area contributed by atoms with Crippen LogP contribution in [0.2, 0.25) is 18.1 Å². The van der Waals surface area contributed by atoms with Gasteiger partial charge in [-0.05, 0) is 30.3 Å². The molecule has 1 unspecified atom stereocenters. The van der Waals surface area contributed by atoms with Crippen molar-refractivity contribution in [1.82, 2.24) is 13.7 Å². The molecule has 0 saturated carbocycles. The summed E-state index contributed by atoms with van der Waals surface area (Å²) >= 11 is 0. The van der Waals surface area contributed by atoms with Gasteiger partial charge in [-0.2, -0.15) is 8.42 Å². The third-order valence-electron chi connectivity index (χ3n) is 6.76. The molecule has 1 aromatic carbocycles. The van der Waals surface area contributed by atoms with Gasteiger partial charge in [0.05, 0.1) is 36.0 Å². The quantitative estimate of drug-likeness (QED) is 0.322. The van der Waals surface area contributed by atoms with Crippen LogP contribution in [0.1, 0.15) is 20.8 Å². The Labute approximate surface area is 211 Å². The highest BCUT2D eigenvalue weighted by Gasteiger charge is 2.38. The van der Waals surface area contributed by atoms with E-state index in [0.29, 0.717) is 16.8 Å². The SMILES string of the molecule is Cn1c(=O)c2c(-c3cccc(F)c3)n(CC(CO[Si](C)(C)C(C)(C)C)OS(C)(=O)=O)cc2n(C)c1=O. The molecule has 0 aliphatic carbocycles. The molecule has 0 fully saturated rings. The Balaban J connectivity index is 2.20. The lowest BCUT2D eigenvalue weighted by molar-refractivity contribution is 0.113. The third-order valence-corrected chi connectivity index (χ3v) is 11.9. The largest absolute Gasteiger partial charge is 0.414 e. The van der Waals surface area contributed by atoms with Crippen molar-refractivity contribution in [2.24, 2.45) is 14.1 Å². The van der Waals surface area contributed by atoms with Crippen LogP contribution in [-0.4, -0.2) is 49.4 Å². The Morgan fingerprint density at radius 1 is 1.11 bits per heavy atom. The second-order valence-corrected chi connectivity index (χ2v) is 17.0. The highest BCUT2D eigenvalue weighted by Crippen LogP contribution is 2.37. The summed E-state index contributed by atoms with van der Waals surface area (Å²) in [6, 6.07) is 5.74. The highest BCUT2D eigenvalue weighted by molar-refractivity contribution is 7.86. The van der Waals surface area contributed by atoms with Gasteiger partial charge in [-0.25, -0.2) is 9.18 Å². The van der Waals surface area contributed by atoms with Crippen LogP contribution in [0.25, 0.3) is 22.2 Å². The fraction of sp³-hybridized carbons (Fsp3) is 0.500. The molecule has 0 saturated heterocycles. The van der Waals surface area contributed by atoms with E-state index in [-0.39, 0.29) is 23.6 Å². The molecule has 9 nitrogen and oxygen atoms in total. The van der Waals surface area contributed by atoms with Gasteiger partial charge in [-0.1, -0.05) is 32.9 Å². The van der Waals surface area contributed by atoms with E-state index in [2.05, 4.69) is 20.8 Å². The first kappa shape index (κ1) is 28.0. The van der Waals surface area contributed by atoms with Crippen molar-refractivity contribution < 1.29 is 21.4 Å². The van der Waals surface area contributed by atoms with Crippen LogP contribution in [0.5, 0.6) is 0 Å². The van der Waals surface area contributed by atoms with Gasteiger partial charge < -0.3 is 8.99 Å². The third kappa shape index (κ3) is 5.71. The molecule has 198 valence electrons. The molecule has 3 aromatic rings. The summed E-state index contributed by atoms with van der Waals surface area (Å²) in [5.41, 5.74) is 0.0509. The van der Waals surface area contributed by atoms with E-state index in [1.54, 1.807) is 16.8 Å². The zero-order valence-corrected chi connectivity index (χ0v) is 23.8. The van der Waals surface area contributed by atoms with Gasteiger partial charge in [0.1, 0.15) is 11.9 Å². The molecule has 12 heteroatoms. The molecule has 0 radical (unpaired) electrons. The molecule has 2 aromatic heterocycles. The first-order chi connectivity index (χ1) is 16.4. The van der Waals surface area contributed by atoms with Gasteiger partial charge in [0.2, 0.25) is 0 Å². The van der Waals surface area contributed by atoms with E-state index in [4.69, 9.17) is 8.61 Å². The minimum atomic E-state index is -3.85. The number of benzene rings is 1. The van der Waals surface area contributed by atoms with E-state index in [1.807, 2.05) is 13.1 Å². The van der Waals surface area contributed by atoms with Crippen LogP contribution in [0.4, 0.5) is 4.39 Å². The minimum Gasteiger partial charge on any atom is -0.414 e. The fourth-order valence-electron chi connectivity index (χ4n) is 3.77. The number of rotatable bonds is 8. The Morgan fingerprint density at radius 2 is 1.75 bits per heavy atom. The van der Waals surface area contributed by atoms with Crippen molar-refractivity contribution in [2.45, 2.75) is 51.6 Å². The molecule has 0 bridgehead atoms. The molecular formula is C24H34FN3O6SSi. The van der Waals surface area contributed by atoms with Crippen LogP contribution in [0.3, 0.4) is 0 Å². The maximum Gasteiger partial charge on any atom is 0.330 e. The molecular weight excluding hydrogens is 505 g/mol. The second kappa shape index (κ2) is 9.73. The number of fused-ring (bicyclic) bond motifs is 1. The standard InChI is InChI=1S/C24H34FN3O6SSi/c1-24(2,3)36(7,8)33-15-18(34-35(6,31)32)13-28-14-19-20(22(29)27(5)23(30)26(19)4)21(28)16-10-9-11-17(25)12-16/h9-12,14,18H,13,15H2,1-8H3. The second-order valence-electron chi connectivity index (χ2n) is 10.6. The number of nitrogens with zero attached hydrogens (tertiary/aromatic N) is 3. The van der Waals surface area contributed by atoms with Crippen molar-refractivity contribution in [3.8, 4) is 11.3 Å². The number of hydrogen-bond donors (Lipinski definition) is 0. The average Bonchev–Trinajstić information content (AvgIpc) is 3.12. The summed E-state index contributed by atoms with van der Waals surface area (Å²) < 4.78 is 54.0. The summed E-state index contributed by atoms with van der Waals surface area (Å²) in [5.74, 6) is -0.500. The van der Waals surface area contributed by atoms with E-state index in [1.165, 1.54) is 36.9 Å². The molecule has 1 atom stereocenters. The molecule has 0 aliphatic heterocycles. The van der Waals surface area contributed by atoms with Gasteiger partial charge in [-0.3, -0.25) is 18.1 Å². The Hall–Kier alpha value is -2.54. The van der Waals surface area contributed by atoms with Crippen molar-refractivity contribution in [1.29, 1.82) is 0 Å². The zero-order valence-electron chi connectivity index (χ0n) is 22.0. The van der Waals surface area contributed by atoms with Gasteiger partial charge in [0.25, 0.3) is 15.7 Å². The highest BCUT2D eigenvalue weighted by atomic mass is 32.2. The smallest absolute Gasteiger partial charge is 0.330 e. The maximum atomic E-state index is 14.2. The Bertz CT molecular complexity index is 1520. The van der Waals surface area contributed by atoms with E-state index in [9.17, 15) is 22.4 Å². The lowest BCUT2D eigenvalue weighted by atomic mass is 10.1. The lowest BCUT2D eigenvalue weighted by Gasteiger charge is -2.37. The van der Waals surface area contributed by atoms with Crippen molar-refractivity contribution in [2.75, 3.05) is 12.9 Å². The molecule has 0 N–H and O–H groups in total. The van der Waals surface area contributed by atoms with Gasteiger partial charge in [0, 0.05) is 25.9 Å². The number of halogens is 1. The maximum absolute atomic E-state index is 14.2. The molecule has 0 spiro atoms. The van der Waals surface area contributed by atoms with Crippen LogP contribution < -0.4 is 11.2 Å². The Kier molecular flexibility index (Phi) is 7.58. The van der Waals surface area contributed by atoms with Crippen molar-refractivity contribution in [3.63, 3.8) is 0 Å². The van der Waals surface area contributed by atoms with Gasteiger partial charge >= 0.3 is 5.69 Å². The molecule has 2 heterocycles. The van der Waals surface area contributed by atoms with E-state index >= 15 is 0 Å². The summed E-state index contributed by atoms with van der Waals surface area (Å²) in [5, 5.41) is 0.107. The molecule has 3 rings (SSSR count). The van der Waals surface area contributed by atoms with Crippen LogP contribution >= 0.6 is 0 Å². The average molecular weight is 540 g/mol. The topological polar surface area (TPSA) is 102 Å². The number of aryl methyl sites for hydroxylation is 1. The van der Waals surface area contributed by atoms with E-state index in [0.717, 1.165) is 10.8 Å². The molecule has 36 heavy (non-hydrogen) atoms. The molecule has 0 amide bonds. The summed E-state index contributed by atoms with van der Waals surface area (Å²) in [6.45, 7) is 10.3. The first-order valence-electron chi connectivity index (χ1n) is 11.5. The number of hydrogen-bond acceptors (Lipinski definition) is 6. The zero-order chi connectivity index (χ0) is 27.2. The first-order valence-corrected chi connectivity index (χ1v) is 16.2. The van der Waals surface area contributed by atoms with Crippen LogP contribution in [0, 0.1) is 5.82 Å². The van der Waals surface area contributed by atoms with E-state index < -0.39 is 41.6 Å². The van der Waals surface area contributed by atoms with Crippen molar-refractivity contribution >= 4 is 29.3 Å². The lowest BCUT2D eigenvalue weighted by Crippen LogP contribution is -2.43. The van der Waals surface area contributed by atoms with Crippen molar-refractivity contribution in [3.05, 3.63) is 57.1 Å². The minimum absolute atomic E-state index is 0.00236. The summed E-state index contributed by atoms with van der Waals surface area (Å²) in [7, 11) is -3.18. The van der Waals surface area contributed by atoms with Crippen LogP contribution in [-0.2, 0) is 39.4 Å². The number of aromatic nitrogens is 3. The van der Waals surface area contributed by atoms with Gasteiger partial charge in [-0.15, -0.1) is 0 Å². The van der Waals surface area contributed by atoms with Crippen LogP contribution in [0.15, 0.2) is 40.1 Å². The van der Waals surface area contributed by atoms with Gasteiger partial charge in [0.15, 0.2) is 8.32 Å². The predicted octanol–water partition coefficient (Wildman–Crippen LogP) is 3.21. The summed E-state index contributed by atoms with van der Waals surface area (Å²) in [4.78, 5) is 25.7. The Morgan fingerprint density at radius 3 is 2.31 bits per heavy atom. The monoisotopic (exact) mass is 539 g/mol. The normalized spacial score (nSPS) is 13.9. The predicted molar refractivity (Wildman–Crippen MR) is 141 cm³/mol. The molecule has 0 aliphatic rings.